The van der Waals surface area contributed by atoms with Crippen molar-refractivity contribution in [3.8, 4) is 10.6 Å². The smallest absolute Gasteiger partial charge is 0.0982 e. The van der Waals surface area contributed by atoms with Crippen LogP contribution >= 0.6 is 11.3 Å². The molecule has 2 heterocycles. The predicted molar refractivity (Wildman–Crippen MR) is 75.8 cm³/mol. The molecule has 0 saturated carbocycles. The number of aryl methyl sites for hydroxylation is 1. The first-order chi connectivity index (χ1) is 8.81. The van der Waals surface area contributed by atoms with E-state index in [1.165, 1.54) is 15.3 Å². The van der Waals surface area contributed by atoms with Gasteiger partial charge in [0.25, 0.3) is 0 Å². The summed E-state index contributed by atoms with van der Waals surface area (Å²) in [7, 11) is 0. The van der Waals surface area contributed by atoms with Crippen LogP contribution in [-0.2, 0) is 6.54 Å². The van der Waals surface area contributed by atoms with Gasteiger partial charge in [0.05, 0.1) is 16.9 Å². The van der Waals surface area contributed by atoms with Crippen molar-refractivity contribution >= 4 is 11.3 Å². The van der Waals surface area contributed by atoms with Gasteiger partial charge in [0.1, 0.15) is 0 Å². The molecule has 1 aromatic carbocycles. The van der Waals surface area contributed by atoms with Crippen LogP contribution in [0.1, 0.15) is 10.4 Å². The normalized spacial score (nSPS) is 10.7. The first-order valence-electron chi connectivity index (χ1n) is 5.94. The van der Waals surface area contributed by atoms with Crippen LogP contribution in [-0.4, -0.2) is 9.55 Å². The molecule has 3 aromatic rings. The fourth-order valence-corrected chi connectivity index (χ4v) is 2.77. The fraction of sp³-hybridized carbons (Fsp3) is 0.133. The molecule has 0 N–H and O–H groups in total. The highest BCUT2D eigenvalue weighted by Crippen LogP contribution is 2.26. The molecular weight excluding hydrogens is 240 g/mol. The van der Waals surface area contributed by atoms with Crippen LogP contribution in [0.3, 0.4) is 0 Å². The summed E-state index contributed by atoms with van der Waals surface area (Å²) in [5.74, 6) is 0. The lowest BCUT2D eigenvalue weighted by Gasteiger charge is -2.00. The monoisotopic (exact) mass is 254 g/mol. The van der Waals surface area contributed by atoms with Gasteiger partial charge in [-0.2, -0.15) is 0 Å². The van der Waals surface area contributed by atoms with Crippen LogP contribution in [0.5, 0.6) is 0 Å². The van der Waals surface area contributed by atoms with Crippen molar-refractivity contribution in [2.75, 3.05) is 0 Å². The van der Waals surface area contributed by atoms with Gasteiger partial charge >= 0.3 is 0 Å². The Bertz CT molecular complexity index is 637. The van der Waals surface area contributed by atoms with Crippen LogP contribution in [0.25, 0.3) is 10.6 Å². The number of imidazole rings is 1. The fourth-order valence-electron chi connectivity index (χ4n) is 1.94. The topological polar surface area (TPSA) is 17.8 Å². The average Bonchev–Trinajstić information content (AvgIpc) is 2.99. The van der Waals surface area contributed by atoms with E-state index < -0.39 is 0 Å². The van der Waals surface area contributed by atoms with Crippen molar-refractivity contribution in [2.45, 2.75) is 13.5 Å². The molecule has 0 spiro atoms. The second kappa shape index (κ2) is 4.78. The minimum atomic E-state index is 0.873. The van der Waals surface area contributed by atoms with Gasteiger partial charge in [-0.3, -0.25) is 0 Å². The Kier molecular flexibility index (Phi) is 2.99. The molecule has 0 fully saturated rings. The van der Waals surface area contributed by atoms with Crippen LogP contribution in [0.2, 0.25) is 0 Å². The van der Waals surface area contributed by atoms with E-state index in [-0.39, 0.29) is 0 Å². The zero-order valence-electron chi connectivity index (χ0n) is 10.2. The molecule has 0 atom stereocenters. The largest absolute Gasteiger partial charge is 0.332 e. The van der Waals surface area contributed by atoms with Gasteiger partial charge in [-0.15, -0.1) is 11.3 Å². The Hall–Kier alpha value is -1.87. The lowest BCUT2D eigenvalue weighted by Crippen LogP contribution is -1.95. The molecule has 0 radical (unpaired) electrons. The highest BCUT2D eigenvalue weighted by molar-refractivity contribution is 7.15. The first kappa shape index (κ1) is 11.2. The second-order valence-electron chi connectivity index (χ2n) is 4.33. The number of hydrogen-bond donors (Lipinski definition) is 0. The van der Waals surface area contributed by atoms with Gasteiger partial charge in [-0.05, 0) is 24.6 Å². The van der Waals surface area contributed by atoms with E-state index in [9.17, 15) is 0 Å². The molecule has 3 rings (SSSR count). The molecule has 0 unspecified atom stereocenters. The minimum Gasteiger partial charge on any atom is -0.332 e. The van der Waals surface area contributed by atoms with Gasteiger partial charge in [-0.1, -0.05) is 30.3 Å². The number of benzene rings is 1. The van der Waals surface area contributed by atoms with Crippen molar-refractivity contribution in [2.24, 2.45) is 0 Å². The second-order valence-corrected chi connectivity index (χ2v) is 5.62. The van der Waals surface area contributed by atoms with Crippen molar-refractivity contribution in [3.05, 3.63) is 65.4 Å². The quantitative estimate of drug-likeness (QED) is 0.691. The highest BCUT2D eigenvalue weighted by atomic mass is 32.1. The number of rotatable bonds is 3. The molecule has 0 aliphatic carbocycles. The predicted octanol–water partition coefficient (Wildman–Crippen LogP) is 3.97. The Morgan fingerprint density at radius 1 is 1.11 bits per heavy atom. The summed E-state index contributed by atoms with van der Waals surface area (Å²) >= 11 is 1.78. The van der Waals surface area contributed by atoms with Crippen LogP contribution in [0, 0.1) is 6.92 Å². The van der Waals surface area contributed by atoms with Crippen LogP contribution in [0.15, 0.2) is 55.0 Å². The number of thiophene rings is 1. The van der Waals surface area contributed by atoms with E-state index in [4.69, 9.17) is 0 Å². The zero-order valence-corrected chi connectivity index (χ0v) is 11.0. The lowest BCUT2D eigenvalue weighted by molar-refractivity contribution is 0.797. The van der Waals surface area contributed by atoms with Gasteiger partial charge < -0.3 is 4.57 Å². The van der Waals surface area contributed by atoms with E-state index in [2.05, 4.69) is 59.1 Å². The third-order valence-corrected chi connectivity index (χ3v) is 3.86. The average molecular weight is 254 g/mol. The molecule has 0 saturated heterocycles. The molecule has 0 bridgehead atoms. The van der Waals surface area contributed by atoms with Gasteiger partial charge in [-0.25, -0.2) is 4.98 Å². The van der Waals surface area contributed by atoms with Crippen LogP contribution < -0.4 is 0 Å². The Morgan fingerprint density at radius 3 is 2.67 bits per heavy atom. The number of hydrogen-bond acceptors (Lipinski definition) is 2. The van der Waals surface area contributed by atoms with Crippen molar-refractivity contribution in [3.63, 3.8) is 0 Å². The Labute approximate surface area is 111 Å². The van der Waals surface area contributed by atoms with Crippen LogP contribution in [0.4, 0.5) is 0 Å². The Balaban J connectivity index is 1.82. The maximum Gasteiger partial charge on any atom is 0.0982 e. The summed E-state index contributed by atoms with van der Waals surface area (Å²) in [5.41, 5.74) is 2.35. The molecular formula is C15H14N2S. The van der Waals surface area contributed by atoms with Gasteiger partial charge in [0.15, 0.2) is 0 Å². The third-order valence-electron chi connectivity index (χ3n) is 2.83. The van der Waals surface area contributed by atoms with Gasteiger partial charge in [0, 0.05) is 17.6 Å². The van der Waals surface area contributed by atoms with Crippen molar-refractivity contribution in [1.29, 1.82) is 0 Å². The summed E-state index contributed by atoms with van der Waals surface area (Å²) < 4.78 is 2.12. The minimum absolute atomic E-state index is 0.873. The molecule has 0 aliphatic rings. The zero-order chi connectivity index (χ0) is 12.4. The highest BCUT2D eigenvalue weighted by Gasteiger charge is 2.04. The molecule has 2 aromatic heterocycles. The maximum atomic E-state index is 4.47. The van der Waals surface area contributed by atoms with Crippen molar-refractivity contribution < 1.29 is 0 Å². The molecule has 2 nitrogen and oxygen atoms in total. The van der Waals surface area contributed by atoms with E-state index in [0.29, 0.717) is 0 Å². The Morgan fingerprint density at radius 2 is 1.94 bits per heavy atom. The van der Waals surface area contributed by atoms with E-state index in [1.54, 1.807) is 11.3 Å². The summed E-state index contributed by atoms with van der Waals surface area (Å²) in [6, 6.07) is 14.7. The van der Waals surface area contributed by atoms with E-state index in [0.717, 1.165) is 12.2 Å². The van der Waals surface area contributed by atoms with E-state index in [1.807, 2.05) is 12.4 Å². The summed E-state index contributed by atoms with van der Waals surface area (Å²) in [6.07, 6.45) is 4.01. The van der Waals surface area contributed by atoms with E-state index >= 15 is 0 Å². The third kappa shape index (κ3) is 2.36. The molecule has 0 amide bonds. The first-order valence-corrected chi connectivity index (χ1v) is 6.75. The molecule has 90 valence electrons. The molecule has 3 heteroatoms. The lowest BCUT2D eigenvalue weighted by atomic mass is 10.2. The summed E-state index contributed by atoms with van der Waals surface area (Å²) in [6.45, 7) is 2.99. The SMILES string of the molecule is Cc1ccc(-c2cn(Cc3ccccc3)cn2)s1. The standard InChI is InChI=1S/C15H14N2S/c1-12-7-8-15(18-12)14-10-17(11-16-14)9-13-5-3-2-4-6-13/h2-8,10-11H,9H2,1H3. The maximum absolute atomic E-state index is 4.47. The molecule has 0 aliphatic heterocycles. The summed E-state index contributed by atoms with van der Waals surface area (Å²) in [5, 5.41) is 0. The van der Waals surface area contributed by atoms with Crippen molar-refractivity contribution in [1.82, 2.24) is 9.55 Å². The number of nitrogens with zero attached hydrogens (tertiary/aromatic N) is 2. The van der Waals surface area contributed by atoms with Gasteiger partial charge in [0.2, 0.25) is 0 Å². The summed E-state index contributed by atoms with van der Waals surface area (Å²) in [4.78, 5) is 7.03. The molecule has 18 heavy (non-hydrogen) atoms. The number of aromatic nitrogens is 2.